The van der Waals surface area contributed by atoms with Gasteiger partial charge in [0.15, 0.2) is 0 Å². The number of benzene rings is 8. The van der Waals surface area contributed by atoms with Crippen molar-refractivity contribution in [3.8, 4) is 44.5 Å². The van der Waals surface area contributed by atoms with Crippen molar-refractivity contribution in [2.24, 2.45) is 5.92 Å². The first-order valence-corrected chi connectivity index (χ1v) is 17.7. The second kappa shape index (κ2) is 11.7. The zero-order valence-corrected chi connectivity index (χ0v) is 29.0. The van der Waals surface area contributed by atoms with Crippen molar-refractivity contribution in [1.29, 1.82) is 0 Å². The lowest BCUT2D eigenvalue weighted by Crippen LogP contribution is -2.24. The summed E-state index contributed by atoms with van der Waals surface area (Å²) in [5.74, 6) is 0.528. The Bertz CT molecular complexity index is 2640. The summed E-state index contributed by atoms with van der Waals surface area (Å²) < 4.78 is 0. The molecule has 8 aromatic carbocycles. The molecule has 0 aliphatic carbocycles. The van der Waals surface area contributed by atoms with Gasteiger partial charge >= 0.3 is 0 Å². The molecule has 0 amide bonds. The molecule has 0 N–H and O–H groups in total. The van der Waals surface area contributed by atoms with Gasteiger partial charge in [0.05, 0.1) is 0 Å². The first-order valence-electron chi connectivity index (χ1n) is 17.7. The molecule has 0 fully saturated rings. The number of fused-ring (bicyclic) bond motifs is 1. The molecule has 0 aliphatic rings. The summed E-state index contributed by atoms with van der Waals surface area (Å²) in [5.41, 5.74) is 11.2. The lowest BCUT2D eigenvalue weighted by molar-refractivity contribution is 0.373. The Labute approximate surface area is 294 Å². The Kier molecular flexibility index (Phi) is 7.07. The molecule has 1 heterocycles. The average molecular weight is 642 g/mol. The second-order valence-corrected chi connectivity index (χ2v) is 14.7. The van der Waals surface area contributed by atoms with Crippen LogP contribution >= 0.6 is 0 Å². The molecule has 0 saturated heterocycles. The maximum absolute atomic E-state index is 4.35. The van der Waals surface area contributed by atoms with Gasteiger partial charge in [-0.1, -0.05) is 161 Å². The number of pyridine rings is 1. The number of hydrogen-bond donors (Lipinski definition) is 0. The molecule has 1 heteroatoms. The minimum absolute atomic E-state index is 0.0720. The summed E-state index contributed by atoms with van der Waals surface area (Å²) in [6, 6.07) is 54.2. The standard InChI is InChI=1S/C49H39N/c1-31(2)49(3,4)40-27-37-22-24-43-45(35-16-14-32(15-17-35)39-11-8-26-50-30-39)29-46(44-25-23-38(28-40)47(37)48(43)44)36-20-18-34(19-21-36)42-13-7-10-33-9-5-6-12-41(33)42/h5-31H,1-4H3. The van der Waals surface area contributed by atoms with Crippen LogP contribution in [0.1, 0.15) is 33.3 Å². The van der Waals surface area contributed by atoms with E-state index < -0.39 is 0 Å². The minimum atomic E-state index is 0.0720. The molecule has 0 radical (unpaired) electrons. The summed E-state index contributed by atoms with van der Waals surface area (Å²) in [5, 5.41) is 10.4. The fourth-order valence-corrected chi connectivity index (χ4v) is 7.78. The van der Waals surface area contributed by atoms with Crippen LogP contribution < -0.4 is 0 Å². The minimum Gasteiger partial charge on any atom is -0.264 e. The number of hydrogen-bond acceptors (Lipinski definition) is 1. The number of aromatic nitrogens is 1. The molecular formula is C49H39N. The monoisotopic (exact) mass is 641 g/mol. The Morgan fingerprint density at radius 2 is 1.02 bits per heavy atom. The molecule has 240 valence electrons. The first kappa shape index (κ1) is 30.3. The largest absolute Gasteiger partial charge is 0.264 e. The zero-order chi connectivity index (χ0) is 34.0. The molecule has 1 aromatic heterocycles. The third-order valence-corrected chi connectivity index (χ3v) is 11.4. The molecule has 1 nitrogen and oxygen atoms in total. The lowest BCUT2D eigenvalue weighted by atomic mass is 9.74. The average Bonchev–Trinajstić information content (AvgIpc) is 3.16. The normalized spacial score (nSPS) is 12.2. The van der Waals surface area contributed by atoms with Gasteiger partial charge in [0.1, 0.15) is 0 Å². The molecule has 0 spiro atoms. The van der Waals surface area contributed by atoms with E-state index in [-0.39, 0.29) is 5.41 Å². The van der Waals surface area contributed by atoms with Crippen LogP contribution in [0.5, 0.6) is 0 Å². The van der Waals surface area contributed by atoms with Gasteiger partial charge in [0.2, 0.25) is 0 Å². The summed E-state index contributed by atoms with van der Waals surface area (Å²) >= 11 is 0. The van der Waals surface area contributed by atoms with Crippen molar-refractivity contribution in [1.82, 2.24) is 4.98 Å². The van der Waals surface area contributed by atoms with Crippen molar-refractivity contribution >= 4 is 43.1 Å². The third-order valence-electron chi connectivity index (χ3n) is 11.4. The summed E-state index contributed by atoms with van der Waals surface area (Å²) in [6.07, 6.45) is 3.76. The lowest BCUT2D eigenvalue weighted by Gasteiger charge is -2.31. The number of rotatable bonds is 6. The van der Waals surface area contributed by atoms with Gasteiger partial charge < -0.3 is 0 Å². The molecule has 0 aliphatic heterocycles. The van der Waals surface area contributed by atoms with Gasteiger partial charge in [0, 0.05) is 12.4 Å². The fraction of sp³-hybridized carbons (Fsp3) is 0.122. The van der Waals surface area contributed by atoms with E-state index in [9.17, 15) is 0 Å². The highest BCUT2D eigenvalue weighted by Crippen LogP contribution is 2.46. The molecule has 0 bridgehead atoms. The smallest absolute Gasteiger partial charge is 0.0346 e. The molecule has 0 unspecified atom stereocenters. The van der Waals surface area contributed by atoms with Gasteiger partial charge in [-0.25, -0.2) is 0 Å². The van der Waals surface area contributed by atoms with Crippen molar-refractivity contribution in [2.45, 2.75) is 33.1 Å². The van der Waals surface area contributed by atoms with Crippen LogP contribution in [0, 0.1) is 5.92 Å². The van der Waals surface area contributed by atoms with Gasteiger partial charge in [-0.2, -0.15) is 0 Å². The molecule has 0 atom stereocenters. The highest BCUT2D eigenvalue weighted by Gasteiger charge is 2.26. The Balaban J connectivity index is 1.26. The van der Waals surface area contributed by atoms with E-state index in [0.717, 1.165) is 5.56 Å². The van der Waals surface area contributed by atoms with Gasteiger partial charge in [0.25, 0.3) is 0 Å². The summed E-state index contributed by atoms with van der Waals surface area (Å²) in [4.78, 5) is 4.35. The molecule has 50 heavy (non-hydrogen) atoms. The van der Waals surface area contributed by atoms with Gasteiger partial charge in [-0.3, -0.25) is 4.98 Å². The van der Waals surface area contributed by atoms with Crippen LogP contribution in [-0.4, -0.2) is 4.98 Å². The van der Waals surface area contributed by atoms with E-state index in [1.807, 2.05) is 18.5 Å². The Hall–Kier alpha value is -5.79. The Morgan fingerprint density at radius 1 is 0.440 bits per heavy atom. The second-order valence-electron chi connectivity index (χ2n) is 14.7. The fourth-order valence-electron chi connectivity index (χ4n) is 7.78. The van der Waals surface area contributed by atoms with E-state index in [1.54, 1.807) is 0 Å². The van der Waals surface area contributed by atoms with Crippen LogP contribution in [0.25, 0.3) is 87.6 Å². The maximum atomic E-state index is 4.35. The molecule has 0 saturated carbocycles. The van der Waals surface area contributed by atoms with Crippen molar-refractivity contribution in [3.63, 3.8) is 0 Å². The van der Waals surface area contributed by atoms with Crippen LogP contribution in [0.4, 0.5) is 0 Å². The van der Waals surface area contributed by atoms with E-state index in [0.29, 0.717) is 5.92 Å². The molecular weight excluding hydrogens is 603 g/mol. The summed E-state index contributed by atoms with van der Waals surface area (Å²) in [6.45, 7) is 9.40. The molecule has 9 aromatic rings. The number of nitrogens with zero attached hydrogens (tertiary/aromatic N) is 1. The van der Waals surface area contributed by atoms with Crippen LogP contribution in [-0.2, 0) is 5.41 Å². The SMILES string of the molecule is CC(C)C(C)(C)c1cc2ccc3c(-c4ccc(-c5cccnc5)cc4)cc(-c4ccc(-c5cccc6ccccc56)cc4)c4ccc(c1)c2c34. The van der Waals surface area contributed by atoms with Gasteiger partial charge in [-0.15, -0.1) is 0 Å². The predicted octanol–water partition coefficient (Wildman–Crippen LogP) is 13.7. The topological polar surface area (TPSA) is 12.9 Å². The summed E-state index contributed by atoms with van der Waals surface area (Å²) in [7, 11) is 0. The third kappa shape index (κ3) is 4.88. The van der Waals surface area contributed by atoms with Crippen molar-refractivity contribution in [3.05, 3.63) is 164 Å². The highest BCUT2D eigenvalue weighted by atomic mass is 14.6. The van der Waals surface area contributed by atoms with Crippen LogP contribution in [0.15, 0.2) is 158 Å². The zero-order valence-electron chi connectivity index (χ0n) is 29.0. The Morgan fingerprint density at radius 3 is 1.62 bits per heavy atom. The van der Waals surface area contributed by atoms with Crippen LogP contribution in [0.3, 0.4) is 0 Å². The van der Waals surface area contributed by atoms with Crippen LogP contribution in [0.2, 0.25) is 0 Å². The van der Waals surface area contributed by atoms with E-state index in [1.165, 1.54) is 87.6 Å². The van der Waals surface area contributed by atoms with E-state index >= 15 is 0 Å². The van der Waals surface area contributed by atoms with Gasteiger partial charge in [-0.05, 0) is 117 Å². The first-order chi connectivity index (χ1) is 24.4. The van der Waals surface area contributed by atoms with E-state index in [4.69, 9.17) is 0 Å². The quantitative estimate of drug-likeness (QED) is 0.165. The predicted molar refractivity (Wildman–Crippen MR) is 215 cm³/mol. The van der Waals surface area contributed by atoms with Crippen molar-refractivity contribution < 1.29 is 0 Å². The van der Waals surface area contributed by atoms with Crippen molar-refractivity contribution in [2.75, 3.05) is 0 Å². The highest BCUT2D eigenvalue weighted by molar-refractivity contribution is 6.28. The maximum Gasteiger partial charge on any atom is 0.0346 e. The molecule has 9 rings (SSSR count). The van der Waals surface area contributed by atoms with E-state index in [2.05, 4.69) is 172 Å².